The van der Waals surface area contributed by atoms with Gasteiger partial charge in [0.2, 0.25) is 0 Å². The summed E-state index contributed by atoms with van der Waals surface area (Å²) in [7, 11) is 1.56. The summed E-state index contributed by atoms with van der Waals surface area (Å²) in [5, 5.41) is 9.70. The van der Waals surface area contributed by atoms with E-state index < -0.39 is 5.97 Å². The Morgan fingerprint density at radius 2 is 2.12 bits per heavy atom. The third-order valence-corrected chi connectivity index (χ3v) is 6.23. The molecule has 0 radical (unpaired) electrons. The Labute approximate surface area is 204 Å². The van der Waals surface area contributed by atoms with E-state index >= 15 is 0 Å². The number of hydrogen-bond acceptors (Lipinski definition) is 6. The number of aliphatic imine (C=N–C) groups is 1. The fraction of sp³-hybridized carbons (Fsp3) is 0.174. The van der Waals surface area contributed by atoms with Gasteiger partial charge in [-0.25, -0.2) is 9.79 Å². The number of carboxylic acids is 1. The lowest BCUT2D eigenvalue weighted by molar-refractivity contribution is -0.122. The van der Waals surface area contributed by atoms with Crippen LogP contribution in [-0.2, 0) is 4.79 Å². The fourth-order valence-electron chi connectivity index (χ4n) is 2.95. The summed E-state index contributed by atoms with van der Waals surface area (Å²) < 4.78 is 12.0. The Kier molecular flexibility index (Phi) is 7.97. The largest absolute Gasteiger partial charge is 0.493 e. The van der Waals surface area contributed by atoms with Crippen LogP contribution in [0.1, 0.15) is 22.8 Å². The molecular weight excluding hydrogens is 543 g/mol. The van der Waals surface area contributed by atoms with Crippen molar-refractivity contribution in [1.82, 2.24) is 4.90 Å². The van der Waals surface area contributed by atoms with Crippen molar-refractivity contribution in [2.24, 2.45) is 4.99 Å². The minimum absolute atomic E-state index is 0.139. The van der Waals surface area contributed by atoms with E-state index in [4.69, 9.17) is 9.47 Å². The number of nitrogens with zero attached hydrogens (tertiary/aromatic N) is 2. The third kappa shape index (κ3) is 5.33. The summed E-state index contributed by atoms with van der Waals surface area (Å²) in [5.41, 5.74) is 1.40. The monoisotopic (exact) mass is 564 g/mol. The zero-order chi connectivity index (χ0) is 23.3. The van der Waals surface area contributed by atoms with E-state index in [1.54, 1.807) is 36.3 Å². The van der Waals surface area contributed by atoms with Gasteiger partial charge in [-0.2, -0.15) is 0 Å². The van der Waals surface area contributed by atoms with Crippen molar-refractivity contribution < 1.29 is 24.2 Å². The number of carbonyl (C=O) groups is 2. The van der Waals surface area contributed by atoms with Crippen LogP contribution in [0.15, 0.2) is 59.0 Å². The average molecular weight is 564 g/mol. The molecule has 166 valence electrons. The van der Waals surface area contributed by atoms with E-state index in [9.17, 15) is 14.7 Å². The summed E-state index contributed by atoms with van der Waals surface area (Å²) in [6.07, 6.45) is 3.44. The van der Waals surface area contributed by atoms with Crippen LogP contribution in [0.3, 0.4) is 0 Å². The van der Waals surface area contributed by atoms with Crippen LogP contribution in [0, 0.1) is 3.57 Å². The molecule has 0 aliphatic carbocycles. The molecule has 9 heteroatoms. The number of likely N-dealkylation sites (N-methyl/N-ethyl adjacent to an activating group) is 1. The molecule has 7 nitrogen and oxygen atoms in total. The molecule has 2 aromatic carbocycles. The molecule has 2 aromatic rings. The van der Waals surface area contributed by atoms with Crippen molar-refractivity contribution in [1.29, 1.82) is 0 Å². The number of amidine groups is 1. The number of carboxylic acid groups (broad SMARTS) is 1. The van der Waals surface area contributed by atoms with Crippen LogP contribution in [0.5, 0.6) is 11.5 Å². The Hall–Kier alpha value is -2.79. The molecule has 1 amide bonds. The van der Waals surface area contributed by atoms with Crippen LogP contribution in [0.4, 0.5) is 5.69 Å². The molecule has 1 aliphatic rings. The van der Waals surface area contributed by atoms with E-state index in [1.807, 2.05) is 19.1 Å². The van der Waals surface area contributed by atoms with Gasteiger partial charge in [0.15, 0.2) is 16.7 Å². The van der Waals surface area contributed by atoms with E-state index in [0.717, 1.165) is 9.13 Å². The van der Waals surface area contributed by atoms with Crippen molar-refractivity contribution in [3.8, 4) is 11.5 Å². The van der Waals surface area contributed by atoms with Gasteiger partial charge in [0.25, 0.3) is 5.91 Å². The highest BCUT2D eigenvalue weighted by atomic mass is 127. The van der Waals surface area contributed by atoms with Gasteiger partial charge in [-0.1, -0.05) is 18.7 Å². The zero-order valence-electron chi connectivity index (χ0n) is 17.5. The number of halogens is 1. The molecular formula is C23H21IN2O5S. The van der Waals surface area contributed by atoms with Gasteiger partial charge in [0.1, 0.15) is 6.61 Å². The highest BCUT2D eigenvalue weighted by Crippen LogP contribution is 2.38. The van der Waals surface area contributed by atoms with Gasteiger partial charge in [-0.05, 0) is 83.2 Å². The van der Waals surface area contributed by atoms with Gasteiger partial charge < -0.3 is 14.6 Å². The molecule has 1 aliphatic heterocycles. The molecule has 1 heterocycles. The van der Waals surface area contributed by atoms with Crippen molar-refractivity contribution in [3.05, 3.63) is 68.7 Å². The Morgan fingerprint density at radius 3 is 2.78 bits per heavy atom. The lowest BCUT2D eigenvalue weighted by Crippen LogP contribution is -2.28. The van der Waals surface area contributed by atoms with Gasteiger partial charge >= 0.3 is 5.97 Å². The van der Waals surface area contributed by atoms with Gasteiger partial charge in [0, 0.05) is 6.54 Å². The first-order chi connectivity index (χ1) is 15.4. The third-order valence-electron chi connectivity index (χ3n) is 4.42. The first kappa shape index (κ1) is 23.9. The average Bonchev–Trinajstić information content (AvgIpc) is 3.06. The van der Waals surface area contributed by atoms with Gasteiger partial charge in [-0.15, -0.1) is 0 Å². The SMILES string of the molecule is C=CCOc1c(I)cc(C=C2SC(=Nc3cccc(C(=O)O)c3)N(CC)C2=O)cc1OC. The molecule has 1 fully saturated rings. The molecule has 0 spiro atoms. The number of rotatable bonds is 8. The number of aromatic carboxylic acids is 1. The van der Waals surface area contributed by atoms with Crippen molar-refractivity contribution in [2.75, 3.05) is 20.3 Å². The van der Waals surface area contributed by atoms with E-state index in [-0.39, 0.29) is 11.5 Å². The second kappa shape index (κ2) is 10.7. The van der Waals surface area contributed by atoms with Crippen LogP contribution in [0.2, 0.25) is 0 Å². The Bertz CT molecular complexity index is 1130. The van der Waals surface area contributed by atoms with Gasteiger partial charge in [-0.3, -0.25) is 9.69 Å². The maximum atomic E-state index is 13.0. The fourth-order valence-corrected chi connectivity index (χ4v) is 4.79. The molecule has 0 unspecified atom stereocenters. The molecule has 0 saturated carbocycles. The maximum absolute atomic E-state index is 13.0. The molecule has 32 heavy (non-hydrogen) atoms. The molecule has 1 saturated heterocycles. The Morgan fingerprint density at radius 1 is 1.34 bits per heavy atom. The normalized spacial score (nSPS) is 16.0. The minimum Gasteiger partial charge on any atom is -0.493 e. The van der Waals surface area contributed by atoms with Crippen molar-refractivity contribution >= 4 is 63.2 Å². The number of thioether (sulfide) groups is 1. The number of amides is 1. The van der Waals surface area contributed by atoms with E-state index in [2.05, 4.69) is 34.2 Å². The molecule has 0 aromatic heterocycles. The van der Waals surface area contributed by atoms with Gasteiger partial charge in [0.05, 0.1) is 26.8 Å². The molecule has 1 N–H and O–H groups in total. The summed E-state index contributed by atoms with van der Waals surface area (Å²) in [5.74, 6) is -0.00475. The standard InChI is InChI=1S/C23H21IN2O5S/c1-4-9-31-20-17(24)10-14(11-18(20)30-3)12-19-21(27)26(5-2)23(32-19)25-16-8-6-7-15(13-16)22(28)29/h4,6-8,10-13H,1,5,9H2,2-3H3,(H,28,29). The molecule has 0 bridgehead atoms. The van der Waals surface area contributed by atoms with E-state index in [0.29, 0.717) is 40.4 Å². The first-order valence-corrected chi connectivity index (χ1v) is 11.5. The lowest BCUT2D eigenvalue weighted by Gasteiger charge is -2.13. The maximum Gasteiger partial charge on any atom is 0.335 e. The number of hydrogen-bond donors (Lipinski definition) is 1. The quantitative estimate of drug-likeness (QED) is 0.270. The second-order valence-electron chi connectivity index (χ2n) is 6.54. The number of methoxy groups -OCH3 is 1. The molecule has 3 rings (SSSR count). The van der Waals surface area contributed by atoms with Crippen LogP contribution < -0.4 is 9.47 Å². The van der Waals surface area contributed by atoms with Crippen LogP contribution in [-0.4, -0.2) is 47.3 Å². The number of carbonyl (C=O) groups excluding carboxylic acids is 1. The summed E-state index contributed by atoms with van der Waals surface area (Å²) in [6.45, 7) is 6.32. The van der Waals surface area contributed by atoms with Crippen molar-refractivity contribution in [2.45, 2.75) is 6.92 Å². The van der Waals surface area contributed by atoms with Crippen molar-refractivity contribution in [3.63, 3.8) is 0 Å². The number of ether oxygens (including phenoxy) is 2. The second-order valence-corrected chi connectivity index (χ2v) is 8.72. The summed E-state index contributed by atoms with van der Waals surface area (Å²) in [4.78, 5) is 30.8. The summed E-state index contributed by atoms with van der Waals surface area (Å²) >= 11 is 3.41. The Balaban J connectivity index is 1.95. The van der Waals surface area contributed by atoms with Crippen LogP contribution in [0.25, 0.3) is 6.08 Å². The first-order valence-electron chi connectivity index (χ1n) is 9.62. The highest BCUT2D eigenvalue weighted by molar-refractivity contribution is 14.1. The number of benzene rings is 2. The highest BCUT2D eigenvalue weighted by Gasteiger charge is 2.32. The summed E-state index contributed by atoms with van der Waals surface area (Å²) in [6, 6.07) is 10.0. The molecule has 0 atom stereocenters. The van der Waals surface area contributed by atoms with E-state index in [1.165, 1.54) is 23.9 Å². The van der Waals surface area contributed by atoms with Crippen LogP contribution >= 0.6 is 34.4 Å². The predicted molar refractivity (Wildman–Crippen MR) is 135 cm³/mol. The lowest BCUT2D eigenvalue weighted by atomic mass is 10.2. The predicted octanol–water partition coefficient (Wildman–Crippen LogP) is 5.19. The zero-order valence-corrected chi connectivity index (χ0v) is 20.5. The topological polar surface area (TPSA) is 88.4 Å². The minimum atomic E-state index is -1.03. The smallest absolute Gasteiger partial charge is 0.335 e.